The molecular weight excluding hydrogens is 488 g/mol. The molecule has 4 aromatic rings. The first-order chi connectivity index (χ1) is 17.2. The summed E-state index contributed by atoms with van der Waals surface area (Å²) < 4.78 is 43.3. The molecule has 0 bridgehead atoms. The van der Waals surface area contributed by atoms with Gasteiger partial charge in [0.1, 0.15) is 0 Å². The topological polar surface area (TPSA) is 68.3 Å². The molecule has 0 atom stereocenters. The van der Waals surface area contributed by atoms with Gasteiger partial charge in [-0.2, -0.15) is 0 Å². The quantitative estimate of drug-likeness (QED) is 0.276. The van der Waals surface area contributed by atoms with Crippen molar-refractivity contribution < 1.29 is 16.8 Å². The van der Waals surface area contributed by atoms with Gasteiger partial charge < -0.3 is 0 Å². The summed E-state index contributed by atoms with van der Waals surface area (Å²) in [6.45, 7) is 8.00. The summed E-state index contributed by atoms with van der Waals surface area (Å²) in [7, 11) is -6.01. The molecule has 0 aliphatic heterocycles. The summed E-state index contributed by atoms with van der Waals surface area (Å²) in [6.07, 6.45) is 2.39. The molecule has 0 heterocycles. The summed E-state index contributed by atoms with van der Waals surface area (Å²) in [5.41, 5.74) is 2.55. The van der Waals surface area contributed by atoms with E-state index in [2.05, 4.69) is 48.5 Å². The first-order valence-corrected chi connectivity index (χ1v) is 15.6. The van der Waals surface area contributed by atoms with Crippen LogP contribution in [0, 0.1) is 0 Å². The van der Waals surface area contributed by atoms with Crippen LogP contribution in [0.1, 0.15) is 27.7 Å². The van der Waals surface area contributed by atoms with Crippen LogP contribution in [0.25, 0.3) is 11.1 Å². The van der Waals surface area contributed by atoms with Crippen molar-refractivity contribution in [1.29, 1.82) is 0 Å². The molecule has 0 saturated heterocycles. The van der Waals surface area contributed by atoms with Gasteiger partial charge in [-0.3, -0.25) is 0 Å². The van der Waals surface area contributed by atoms with E-state index in [9.17, 15) is 16.8 Å². The van der Waals surface area contributed by atoms with Crippen LogP contribution in [0.4, 0.5) is 0 Å². The van der Waals surface area contributed by atoms with E-state index in [-0.39, 0.29) is 0 Å². The molecule has 0 N–H and O–H groups in total. The molecule has 0 unspecified atom stereocenters. The highest BCUT2D eigenvalue weighted by Gasteiger charge is 2.03. The molecule has 0 aromatic heterocycles. The fraction of sp³-hybridized carbons (Fsp3) is 0.200. The first-order valence-electron chi connectivity index (χ1n) is 11.8. The van der Waals surface area contributed by atoms with Crippen LogP contribution in [0.3, 0.4) is 0 Å². The molecule has 4 nitrogen and oxygen atoms in total. The van der Waals surface area contributed by atoms with Crippen LogP contribution < -0.4 is 0 Å². The van der Waals surface area contributed by atoms with Crippen LogP contribution in [0.5, 0.6) is 0 Å². The molecule has 0 aliphatic carbocycles. The zero-order valence-corrected chi connectivity index (χ0v) is 23.6. The fourth-order valence-corrected chi connectivity index (χ4v) is 3.90. The zero-order valence-electron chi connectivity index (χ0n) is 22.0. The SMILES string of the molecule is CC.CC.CS(=O)(=O)c1ccccc1.CS(=O)(=O)c1ccccc1.c1ccc(-c2ccccc2)cc1. The lowest BCUT2D eigenvalue weighted by Crippen LogP contribution is -1.95. The molecule has 0 fully saturated rings. The Morgan fingerprint density at radius 3 is 0.722 bits per heavy atom. The molecule has 0 spiro atoms. The summed E-state index contributed by atoms with van der Waals surface area (Å²) in [5.74, 6) is 0. The lowest BCUT2D eigenvalue weighted by Gasteiger charge is -1.98. The van der Waals surface area contributed by atoms with E-state index in [0.717, 1.165) is 0 Å². The second-order valence-corrected chi connectivity index (χ2v) is 10.9. The van der Waals surface area contributed by atoms with Gasteiger partial charge in [0.05, 0.1) is 9.79 Å². The van der Waals surface area contributed by atoms with Gasteiger partial charge in [0.2, 0.25) is 0 Å². The van der Waals surface area contributed by atoms with Gasteiger partial charge >= 0.3 is 0 Å². The van der Waals surface area contributed by atoms with Crippen LogP contribution in [0.15, 0.2) is 131 Å². The third kappa shape index (κ3) is 13.6. The lowest BCUT2D eigenvalue weighted by molar-refractivity contribution is 0.600. The molecule has 4 rings (SSSR count). The summed E-state index contributed by atoms with van der Waals surface area (Å²) >= 11 is 0. The van der Waals surface area contributed by atoms with E-state index in [1.165, 1.54) is 23.6 Å². The third-order valence-electron chi connectivity index (χ3n) is 4.22. The molecule has 0 aliphatic rings. The van der Waals surface area contributed by atoms with Gasteiger partial charge in [-0.05, 0) is 35.4 Å². The Morgan fingerprint density at radius 2 is 0.556 bits per heavy atom. The van der Waals surface area contributed by atoms with E-state index < -0.39 is 19.7 Å². The Kier molecular flexibility index (Phi) is 16.5. The fourth-order valence-electron chi connectivity index (χ4n) is 2.60. The smallest absolute Gasteiger partial charge is 0.175 e. The van der Waals surface area contributed by atoms with E-state index in [0.29, 0.717) is 9.79 Å². The summed E-state index contributed by atoms with van der Waals surface area (Å²) in [6, 6.07) is 37.5. The monoisotopic (exact) mass is 526 g/mol. The van der Waals surface area contributed by atoms with Crippen molar-refractivity contribution in [3.05, 3.63) is 121 Å². The molecular formula is C30H38O4S2. The van der Waals surface area contributed by atoms with Crippen molar-refractivity contribution in [2.75, 3.05) is 12.5 Å². The van der Waals surface area contributed by atoms with E-state index in [4.69, 9.17) is 0 Å². The Labute approximate surface area is 218 Å². The molecule has 6 heteroatoms. The minimum absolute atomic E-state index is 0.370. The molecule has 194 valence electrons. The van der Waals surface area contributed by atoms with Gasteiger partial charge in [-0.25, -0.2) is 16.8 Å². The second-order valence-electron chi connectivity index (χ2n) is 6.90. The number of hydrogen-bond acceptors (Lipinski definition) is 4. The van der Waals surface area contributed by atoms with Crippen molar-refractivity contribution >= 4 is 19.7 Å². The maximum Gasteiger partial charge on any atom is 0.175 e. The maximum absolute atomic E-state index is 10.8. The summed E-state index contributed by atoms with van der Waals surface area (Å²) in [4.78, 5) is 0.741. The Hall–Kier alpha value is -3.22. The van der Waals surface area contributed by atoms with Crippen LogP contribution in [0.2, 0.25) is 0 Å². The van der Waals surface area contributed by atoms with Gasteiger partial charge in [-0.15, -0.1) is 0 Å². The molecule has 4 aromatic carbocycles. The van der Waals surface area contributed by atoms with Gasteiger partial charge in [0.15, 0.2) is 19.7 Å². The molecule has 36 heavy (non-hydrogen) atoms. The zero-order chi connectivity index (χ0) is 27.5. The molecule has 0 radical (unpaired) electrons. The predicted octanol–water partition coefficient (Wildman–Crippen LogP) is 7.59. The van der Waals surface area contributed by atoms with Crippen LogP contribution in [-0.2, 0) is 19.7 Å². The van der Waals surface area contributed by atoms with Crippen molar-refractivity contribution in [3.8, 4) is 11.1 Å². The van der Waals surface area contributed by atoms with E-state index >= 15 is 0 Å². The predicted molar refractivity (Wildman–Crippen MR) is 154 cm³/mol. The van der Waals surface area contributed by atoms with Gasteiger partial charge in [0.25, 0.3) is 0 Å². The van der Waals surface area contributed by atoms with Crippen molar-refractivity contribution in [1.82, 2.24) is 0 Å². The Bertz CT molecular complexity index is 1170. The van der Waals surface area contributed by atoms with E-state index in [1.807, 2.05) is 39.8 Å². The van der Waals surface area contributed by atoms with Crippen molar-refractivity contribution in [3.63, 3.8) is 0 Å². The average Bonchev–Trinajstić information content (AvgIpc) is 2.93. The average molecular weight is 527 g/mol. The maximum atomic E-state index is 10.8. The number of sulfone groups is 2. The molecule has 0 amide bonds. The van der Waals surface area contributed by atoms with Gasteiger partial charge in [0, 0.05) is 12.5 Å². The Morgan fingerprint density at radius 1 is 0.361 bits per heavy atom. The van der Waals surface area contributed by atoms with E-state index in [1.54, 1.807) is 60.7 Å². The van der Waals surface area contributed by atoms with Crippen molar-refractivity contribution in [2.24, 2.45) is 0 Å². The number of benzene rings is 4. The largest absolute Gasteiger partial charge is 0.224 e. The minimum atomic E-state index is -3.00. The number of hydrogen-bond donors (Lipinski definition) is 0. The Balaban J connectivity index is 0.000000479. The van der Waals surface area contributed by atoms with Gasteiger partial charge in [-0.1, -0.05) is 125 Å². The second kappa shape index (κ2) is 18.1. The minimum Gasteiger partial charge on any atom is -0.224 e. The lowest BCUT2D eigenvalue weighted by atomic mass is 10.1. The molecule has 0 saturated carbocycles. The highest BCUT2D eigenvalue weighted by atomic mass is 32.2. The summed E-state index contributed by atoms with van der Waals surface area (Å²) in [5, 5.41) is 0. The highest BCUT2D eigenvalue weighted by Crippen LogP contribution is 2.17. The van der Waals surface area contributed by atoms with Crippen LogP contribution in [-0.4, -0.2) is 29.3 Å². The van der Waals surface area contributed by atoms with Crippen molar-refractivity contribution in [2.45, 2.75) is 37.5 Å². The third-order valence-corrected chi connectivity index (χ3v) is 6.48. The first kappa shape index (κ1) is 32.8. The standard InChI is InChI=1S/C12H10.2C7H8O2S.2C2H6/c1-3-7-11(8-4-1)12-9-5-2-6-10-12;2*1-10(8,9)7-5-3-2-4-6-7;2*1-2/h1-10H;2*2-6H,1H3;2*1-2H3. The normalized spacial score (nSPS) is 9.83. The number of rotatable bonds is 3. The van der Waals surface area contributed by atoms with Crippen LogP contribution >= 0.6 is 0 Å². The highest BCUT2D eigenvalue weighted by molar-refractivity contribution is 7.91.